The van der Waals surface area contributed by atoms with E-state index in [2.05, 4.69) is 4.98 Å². The van der Waals surface area contributed by atoms with Crippen LogP contribution in [0.2, 0.25) is 0 Å². The normalized spacial score (nSPS) is 14.9. The molecule has 0 aliphatic heterocycles. The Kier molecular flexibility index (Phi) is 6.98. The van der Waals surface area contributed by atoms with Crippen molar-refractivity contribution in [3.05, 3.63) is 11.6 Å². The SMILES string of the molecule is COCC(C)OCC(O)CSc1nccs1. The van der Waals surface area contributed by atoms with Crippen LogP contribution in [0.4, 0.5) is 0 Å². The highest BCUT2D eigenvalue weighted by Crippen LogP contribution is 2.20. The monoisotopic (exact) mass is 263 g/mol. The number of rotatable bonds is 8. The zero-order chi connectivity index (χ0) is 11.8. The molecule has 16 heavy (non-hydrogen) atoms. The number of hydrogen-bond donors (Lipinski definition) is 1. The molecule has 0 aliphatic carbocycles. The minimum atomic E-state index is -0.465. The number of hydrogen-bond acceptors (Lipinski definition) is 6. The summed E-state index contributed by atoms with van der Waals surface area (Å²) in [7, 11) is 1.63. The number of nitrogens with zero attached hydrogens (tertiary/aromatic N) is 1. The summed E-state index contributed by atoms with van der Waals surface area (Å²) in [5.74, 6) is 0.604. The minimum absolute atomic E-state index is 0.0181. The first-order valence-electron chi connectivity index (χ1n) is 5.03. The van der Waals surface area contributed by atoms with Crippen LogP contribution in [-0.2, 0) is 9.47 Å². The maximum atomic E-state index is 9.66. The molecule has 1 aromatic heterocycles. The molecule has 92 valence electrons. The zero-order valence-corrected chi connectivity index (χ0v) is 11.1. The highest BCUT2D eigenvalue weighted by molar-refractivity contribution is 8.01. The van der Waals surface area contributed by atoms with Crippen LogP contribution in [-0.4, -0.2) is 48.4 Å². The van der Waals surface area contributed by atoms with Crippen LogP contribution >= 0.6 is 23.1 Å². The Morgan fingerprint density at radius 1 is 1.56 bits per heavy atom. The smallest absolute Gasteiger partial charge is 0.149 e. The summed E-state index contributed by atoms with van der Waals surface area (Å²) in [4.78, 5) is 4.12. The number of thiazole rings is 1. The Hall–Kier alpha value is -0.140. The molecule has 0 spiro atoms. The molecule has 1 rings (SSSR count). The van der Waals surface area contributed by atoms with Crippen LogP contribution in [0, 0.1) is 0 Å². The van der Waals surface area contributed by atoms with Crippen molar-refractivity contribution in [1.29, 1.82) is 0 Å². The molecule has 0 amide bonds. The van der Waals surface area contributed by atoms with E-state index in [1.165, 1.54) is 0 Å². The second-order valence-electron chi connectivity index (χ2n) is 3.36. The average molecular weight is 263 g/mol. The maximum absolute atomic E-state index is 9.66. The lowest BCUT2D eigenvalue weighted by Crippen LogP contribution is -2.24. The first kappa shape index (κ1) is 13.9. The van der Waals surface area contributed by atoms with Gasteiger partial charge in [0.2, 0.25) is 0 Å². The van der Waals surface area contributed by atoms with Crippen molar-refractivity contribution in [3.8, 4) is 0 Å². The zero-order valence-electron chi connectivity index (χ0n) is 9.46. The predicted molar refractivity (Wildman–Crippen MR) is 66.1 cm³/mol. The number of ether oxygens (including phenoxy) is 2. The fourth-order valence-corrected chi connectivity index (χ4v) is 2.62. The molecule has 0 bridgehead atoms. The molecule has 0 aliphatic rings. The molecule has 1 heterocycles. The van der Waals surface area contributed by atoms with Crippen molar-refractivity contribution >= 4 is 23.1 Å². The fourth-order valence-electron chi connectivity index (χ4n) is 1.06. The van der Waals surface area contributed by atoms with E-state index in [-0.39, 0.29) is 6.10 Å². The van der Waals surface area contributed by atoms with Gasteiger partial charge in [0, 0.05) is 24.4 Å². The third kappa shape index (κ3) is 5.81. The van der Waals surface area contributed by atoms with Crippen LogP contribution in [0.15, 0.2) is 15.9 Å². The summed E-state index contributed by atoms with van der Waals surface area (Å²) in [6.45, 7) is 2.80. The van der Waals surface area contributed by atoms with Crippen LogP contribution in [0.25, 0.3) is 0 Å². The summed E-state index contributed by atoms with van der Waals surface area (Å²) < 4.78 is 11.3. The first-order valence-corrected chi connectivity index (χ1v) is 6.89. The molecule has 0 radical (unpaired) electrons. The van der Waals surface area contributed by atoms with Gasteiger partial charge in [-0.05, 0) is 6.92 Å². The average Bonchev–Trinajstić information content (AvgIpc) is 2.77. The van der Waals surface area contributed by atoms with Crippen molar-refractivity contribution in [2.45, 2.75) is 23.5 Å². The third-order valence-electron chi connectivity index (χ3n) is 1.78. The van der Waals surface area contributed by atoms with E-state index in [0.717, 1.165) is 4.34 Å². The molecule has 1 aromatic rings. The van der Waals surface area contributed by atoms with Crippen molar-refractivity contribution in [2.75, 3.05) is 26.1 Å². The van der Waals surface area contributed by atoms with E-state index in [0.29, 0.717) is 19.0 Å². The van der Waals surface area contributed by atoms with E-state index < -0.39 is 6.10 Å². The number of aliphatic hydroxyl groups excluding tert-OH is 1. The first-order chi connectivity index (χ1) is 7.72. The molecule has 6 heteroatoms. The lowest BCUT2D eigenvalue weighted by Gasteiger charge is -2.15. The van der Waals surface area contributed by atoms with E-state index >= 15 is 0 Å². The van der Waals surface area contributed by atoms with Crippen molar-refractivity contribution in [1.82, 2.24) is 4.98 Å². The maximum Gasteiger partial charge on any atom is 0.149 e. The minimum Gasteiger partial charge on any atom is -0.390 e. The van der Waals surface area contributed by atoms with Gasteiger partial charge < -0.3 is 14.6 Å². The number of thioether (sulfide) groups is 1. The number of aliphatic hydroxyl groups is 1. The molecule has 0 saturated carbocycles. The van der Waals surface area contributed by atoms with Gasteiger partial charge in [-0.25, -0.2) is 4.98 Å². The summed E-state index contributed by atoms with van der Waals surface area (Å²) >= 11 is 3.12. The second-order valence-corrected chi connectivity index (χ2v) is 5.52. The Balaban J connectivity index is 2.09. The van der Waals surface area contributed by atoms with E-state index in [4.69, 9.17) is 9.47 Å². The van der Waals surface area contributed by atoms with Gasteiger partial charge in [0.05, 0.1) is 25.4 Å². The molecule has 2 atom stereocenters. The molecular formula is C10H17NO3S2. The van der Waals surface area contributed by atoms with Gasteiger partial charge in [0.15, 0.2) is 0 Å². The Morgan fingerprint density at radius 2 is 2.38 bits per heavy atom. The lowest BCUT2D eigenvalue weighted by molar-refractivity contribution is -0.0257. The highest BCUT2D eigenvalue weighted by atomic mass is 32.2. The molecule has 0 fully saturated rings. The van der Waals surface area contributed by atoms with Gasteiger partial charge in [-0.2, -0.15) is 0 Å². The third-order valence-corrected chi connectivity index (χ3v) is 3.89. The molecule has 1 N–H and O–H groups in total. The summed E-state index contributed by atoms with van der Waals surface area (Å²) in [6.07, 6.45) is 1.31. The van der Waals surface area contributed by atoms with Crippen molar-refractivity contribution < 1.29 is 14.6 Å². The quantitative estimate of drug-likeness (QED) is 0.723. The van der Waals surface area contributed by atoms with Gasteiger partial charge in [-0.3, -0.25) is 0 Å². The Labute approximate surface area is 104 Å². The topological polar surface area (TPSA) is 51.6 Å². The highest BCUT2D eigenvalue weighted by Gasteiger charge is 2.09. The number of methoxy groups -OCH3 is 1. The van der Waals surface area contributed by atoms with Crippen LogP contribution in [0.1, 0.15) is 6.92 Å². The van der Waals surface area contributed by atoms with E-state index in [1.807, 2.05) is 12.3 Å². The number of aromatic nitrogens is 1. The van der Waals surface area contributed by atoms with Gasteiger partial charge in [-0.15, -0.1) is 11.3 Å². The predicted octanol–water partition coefficient (Wildman–Crippen LogP) is 1.65. The van der Waals surface area contributed by atoms with E-state index in [9.17, 15) is 5.11 Å². The molecule has 4 nitrogen and oxygen atoms in total. The second kappa shape index (κ2) is 8.03. The van der Waals surface area contributed by atoms with Crippen LogP contribution in [0.5, 0.6) is 0 Å². The summed E-state index contributed by atoms with van der Waals surface area (Å²) in [5.41, 5.74) is 0. The Morgan fingerprint density at radius 3 is 3.00 bits per heavy atom. The standard InChI is InChI=1S/C10H17NO3S2/c1-8(5-13-2)14-6-9(12)7-16-10-11-3-4-15-10/h3-4,8-9,12H,5-7H2,1-2H3. The molecule has 0 aromatic carbocycles. The van der Waals surface area contributed by atoms with Gasteiger partial charge >= 0.3 is 0 Å². The van der Waals surface area contributed by atoms with Crippen LogP contribution < -0.4 is 0 Å². The fraction of sp³-hybridized carbons (Fsp3) is 0.700. The van der Waals surface area contributed by atoms with Gasteiger partial charge in [0.1, 0.15) is 4.34 Å². The van der Waals surface area contributed by atoms with Gasteiger partial charge in [-0.1, -0.05) is 11.8 Å². The lowest BCUT2D eigenvalue weighted by atomic mass is 10.4. The molecular weight excluding hydrogens is 246 g/mol. The Bertz CT molecular complexity index is 269. The molecule has 2 unspecified atom stereocenters. The van der Waals surface area contributed by atoms with Crippen molar-refractivity contribution in [2.24, 2.45) is 0 Å². The van der Waals surface area contributed by atoms with Crippen molar-refractivity contribution in [3.63, 3.8) is 0 Å². The van der Waals surface area contributed by atoms with Gasteiger partial charge in [0.25, 0.3) is 0 Å². The molecule has 0 saturated heterocycles. The largest absolute Gasteiger partial charge is 0.390 e. The summed E-state index contributed by atoms with van der Waals surface area (Å²) in [6, 6.07) is 0. The van der Waals surface area contributed by atoms with Crippen LogP contribution in [0.3, 0.4) is 0 Å². The summed E-state index contributed by atoms with van der Waals surface area (Å²) in [5, 5.41) is 11.6. The van der Waals surface area contributed by atoms with E-state index in [1.54, 1.807) is 36.4 Å².